The van der Waals surface area contributed by atoms with Crippen molar-refractivity contribution in [3.05, 3.63) is 63.9 Å². The molecule has 3 aromatic rings. The number of hydrogen-bond acceptors (Lipinski definition) is 4. The second kappa shape index (κ2) is 5.87. The van der Waals surface area contributed by atoms with Crippen molar-refractivity contribution >= 4 is 22.5 Å². The standard InChI is InChI=1S/C16H15ClN4O/c1-2-12(18)15-20-13-7-3-6-11(17)14(13)16(22)21(15)10-5-4-8-19-9-10/h3-9,12H,2,18H2,1H3. The topological polar surface area (TPSA) is 73.8 Å². The summed E-state index contributed by atoms with van der Waals surface area (Å²) in [7, 11) is 0. The van der Waals surface area contributed by atoms with Crippen LogP contribution in [0.4, 0.5) is 0 Å². The maximum atomic E-state index is 12.9. The van der Waals surface area contributed by atoms with E-state index in [1.807, 2.05) is 6.92 Å². The van der Waals surface area contributed by atoms with E-state index in [0.29, 0.717) is 33.9 Å². The second-order valence-electron chi connectivity index (χ2n) is 4.97. The number of nitrogens with zero attached hydrogens (tertiary/aromatic N) is 3. The van der Waals surface area contributed by atoms with Crippen LogP contribution >= 0.6 is 11.6 Å². The highest BCUT2D eigenvalue weighted by atomic mass is 35.5. The van der Waals surface area contributed by atoms with Gasteiger partial charge in [-0.05, 0) is 30.7 Å². The lowest BCUT2D eigenvalue weighted by Gasteiger charge is -2.17. The first kappa shape index (κ1) is 14.7. The van der Waals surface area contributed by atoms with Crippen molar-refractivity contribution in [1.29, 1.82) is 0 Å². The van der Waals surface area contributed by atoms with Gasteiger partial charge in [0.05, 0.1) is 33.9 Å². The number of nitrogens with two attached hydrogens (primary N) is 1. The molecule has 0 fully saturated rings. The molecular weight excluding hydrogens is 300 g/mol. The summed E-state index contributed by atoms with van der Waals surface area (Å²) in [6, 6.07) is 8.43. The van der Waals surface area contributed by atoms with E-state index in [2.05, 4.69) is 9.97 Å². The van der Waals surface area contributed by atoms with Gasteiger partial charge in [-0.1, -0.05) is 24.6 Å². The molecule has 1 aromatic carbocycles. The highest BCUT2D eigenvalue weighted by molar-refractivity contribution is 6.35. The van der Waals surface area contributed by atoms with Crippen LogP contribution < -0.4 is 11.3 Å². The molecule has 112 valence electrons. The molecule has 6 heteroatoms. The quantitative estimate of drug-likeness (QED) is 0.806. The van der Waals surface area contributed by atoms with E-state index in [4.69, 9.17) is 17.3 Å². The molecule has 0 amide bonds. The zero-order valence-electron chi connectivity index (χ0n) is 12.0. The van der Waals surface area contributed by atoms with Crippen LogP contribution in [-0.4, -0.2) is 14.5 Å². The second-order valence-corrected chi connectivity index (χ2v) is 5.38. The van der Waals surface area contributed by atoms with Crippen molar-refractivity contribution < 1.29 is 0 Å². The van der Waals surface area contributed by atoms with Crippen LogP contribution in [0.5, 0.6) is 0 Å². The summed E-state index contributed by atoms with van der Waals surface area (Å²) in [5.74, 6) is 0.510. The Bertz CT molecular complexity index is 876. The predicted molar refractivity (Wildman–Crippen MR) is 87.4 cm³/mol. The van der Waals surface area contributed by atoms with Gasteiger partial charge in [0, 0.05) is 6.20 Å². The van der Waals surface area contributed by atoms with Crippen LogP contribution in [-0.2, 0) is 0 Å². The van der Waals surface area contributed by atoms with Crippen molar-refractivity contribution in [3.8, 4) is 5.69 Å². The van der Waals surface area contributed by atoms with Gasteiger partial charge < -0.3 is 5.73 Å². The number of benzene rings is 1. The van der Waals surface area contributed by atoms with Crippen LogP contribution in [0.3, 0.4) is 0 Å². The summed E-state index contributed by atoms with van der Waals surface area (Å²) in [5.41, 5.74) is 7.10. The molecule has 0 saturated heterocycles. The zero-order chi connectivity index (χ0) is 15.7. The van der Waals surface area contributed by atoms with Crippen molar-refractivity contribution in [1.82, 2.24) is 14.5 Å². The van der Waals surface area contributed by atoms with Gasteiger partial charge in [-0.15, -0.1) is 0 Å². The molecule has 1 unspecified atom stereocenters. The number of halogens is 1. The van der Waals surface area contributed by atoms with Gasteiger partial charge in [-0.3, -0.25) is 14.3 Å². The SMILES string of the molecule is CCC(N)c1nc2cccc(Cl)c2c(=O)n1-c1cccnc1. The highest BCUT2D eigenvalue weighted by Gasteiger charge is 2.18. The lowest BCUT2D eigenvalue weighted by atomic mass is 10.1. The third kappa shape index (κ3) is 2.38. The lowest BCUT2D eigenvalue weighted by molar-refractivity contribution is 0.622. The molecule has 0 bridgehead atoms. The average molecular weight is 315 g/mol. The fourth-order valence-electron chi connectivity index (χ4n) is 2.37. The first-order valence-electron chi connectivity index (χ1n) is 7.00. The Balaban J connectivity index is 2.44. The van der Waals surface area contributed by atoms with Gasteiger partial charge in [-0.2, -0.15) is 0 Å². The average Bonchev–Trinajstić information content (AvgIpc) is 2.54. The van der Waals surface area contributed by atoms with Gasteiger partial charge in [0.1, 0.15) is 5.82 Å². The van der Waals surface area contributed by atoms with Gasteiger partial charge in [-0.25, -0.2) is 4.98 Å². The summed E-state index contributed by atoms with van der Waals surface area (Å²) >= 11 is 6.19. The Morgan fingerprint density at radius 3 is 2.82 bits per heavy atom. The van der Waals surface area contributed by atoms with Crippen molar-refractivity contribution in [2.24, 2.45) is 5.73 Å². The normalized spacial score (nSPS) is 12.5. The summed E-state index contributed by atoms with van der Waals surface area (Å²) < 4.78 is 1.50. The number of rotatable bonds is 3. The van der Waals surface area contributed by atoms with E-state index in [1.54, 1.807) is 42.7 Å². The van der Waals surface area contributed by atoms with Gasteiger partial charge in [0.2, 0.25) is 0 Å². The molecule has 0 saturated carbocycles. The summed E-state index contributed by atoms with van der Waals surface area (Å²) in [6.07, 6.45) is 3.92. The zero-order valence-corrected chi connectivity index (χ0v) is 12.8. The molecule has 2 heterocycles. The third-order valence-electron chi connectivity index (χ3n) is 3.55. The first-order valence-corrected chi connectivity index (χ1v) is 7.38. The van der Waals surface area contributed by atoms with E-state index in [0.717, 1.165) is 0 Å². The third-order valence-corrected chi connectivity index (χ3v) is 3.86. The highest BCUT2D eigenvalue weighted by Crippen LogP contribution is 2.22. The van der Waals surface area contributed by atoms with E-state index >= 15 is 0 Å². The molecule has 2 aromatic heterocycles. The van der Waals surface area contributed by atoms with Gasteiger partial charge in [0.25, 0.3) is 5.56 Å². The number of pyridine rings is 1. The molecule has 5 nitrogen and oxygen atoms in total. The number of hydrogen-bond donors (Lipinski definition) is 1. The minimum Gasteiger partial charge on any atom is -0.321 e. The molecule has 0 aliphatic heterocycles. The summed E-state index contributed by atoms with van der Waals surface area (Å²) in [5, 5.41) is 0.768. The summed E-state index contributed by atoms with van der Waals surface area (Å²) in [6.45, 7) is 1.95. The molecule has 0 aliphatic rings. The monoisotopic (exact) mass is 314 g/mol. The Morgan fingerprint density at radius 1 is 1.32 bits per heavy atom. The Morgan fingerprint density at radius 2 is 2.14 bits per heavy atom. The molecule has 1 atom stereocenters. The molecule has 2 N–H and O–H groups in total. The number of aromatic nitrogens is 3. The number of fused-ring (bicyclic) bond motifs is 1. The lowest BCUT2D eigenvalue weighted by Crippen LogP contribution is -2.28. The molecule has 3 rings (SSSR count). The van der Waals surface area contributed by atoms with E-state index < -0.39 is 0 Å². The minimum atomic E-state index is -0.351. The largest absolute Gasteiger partial charge is 0.321 e. The first-order chi connectivity index (χ1) is 10.6. The molecule has 0 spiro atoms. The Labute approximate surface area is 132 Å². The minimum absolute atomic E-state index is 0.234. The van der Waals surface area contributed by atoms with Crippen molar-refractivity contribution in [3.63, 3.8) is 0 Å². The fraction of sp³-hybridized carbons (Fsp3) is 0.188. The van der Waals surface area contributed by atoms with E-state index in [1.165, 1.54) is 4.57 Å². The van der Waals surface area contributed by atoms with E-state index in [-0.39, 0.29) is 11.6 Å². The van der Waals surface area contributed by atoms with Crippen LogP contribution in [0, 0.1) is 0 Å². The van der Waals surface area contributed by atoms with Crippen LogP contribution in [0.1, 0.15) is 25.2 Å². The van der Waals surface area contributed by atoms with Crippen molar-refractivity contribution in [2.45, 2.75) is 19.4 Å². The summed E-state index contributed by atoms with van der Waals surface area (Å²) in [4.78, 5) is 21.6. The molecule has 0 radical (unpaired) electrons. The smallest absolute Gasteiger partial charge is 0.267 e. The van der Waals surface area contributed by atoms with Crippen LogP contribution in [0.25, 0.3) is 16.6 Å². The van der Waals surface area contributed by atoms with Gasteiger partial charge in [0.15, 0.2) is 0 Å². The molecule has 0 aliphatic carbocycles. The van der Waals surface area contributed by atoms with Crippen LogP contribution in [0.2, 0.25) is 5.02 Å². The van der Waals surface area contributed by atoms with E-state index in [9.17, 15) is 4.79 Å². The maximum absolute atomic E-state index is 12.9. The molecule has 22 heavy (non-hydrogen) atoms. The Hall–Kier alpha value is -2.24. The maximum Gasteiger partial charge on any atom is 0.267 e. The Kier molecular flexibility index (Phi) is 3.92. The molecular formula is C16H15ClN4O. The van der Waals surface area contributed by atoms with Crippen LogP contribution in [0.15, 0.2) is 47.5 Å². The predicted octanol–water partition coefficient (Wildman–Crippen LogP) is 2.84. The van der Waals surface area contributed by atoms with Gasteiger partial charge >= 0.3 is 0 Å². The fourth-order valence-corrected chi connectivity index (χ4v) is 2.62. The van der Waals surface area contributed by atoms with Crippen molar-refractivity contribution in [2.75, 3.05) is 0 Å².